The molecule has 1 saturated carbocycles. The van der Waals surface area contributed by atoms with Crippen LogP contribution in [0.25, 0.3) is 0 Å². The number of hydrogen-bond donors (Lipinski definition) is 2. The molecule has 2 amide bonds. The van der Waals surface area contributed by atoms with Crippen molar-refractivity contribution < 1.29 is 14.0 Å². The van der Waals surface area contributed by atoms with Crippen LogP contribution in [-0.4, -0.2) is 42.9 Å². The van der Waals surface area contributed by atoms with Gasteiger partial charge in [0.2, 0.25) is 5.91 Å². The lowest BCUT2D eigenvalue weighted by Gasteiger charge is -2.26. The van der Waals surface area contributed by atoms with Crippen LogP contribution in [0.1, 0.15) is 35.2 Å². The second-order valence-electron chi connectivity index (χ2n) is 8.03. The average molecular weight is 410 g/mol. The van der Waals surface area contributed by atoms with Crippen molar-refractivity contribution in [3.8, 4) is 0 Å². The summed E-state index contributed by atoms with van der Waals surface area (Å²) in [6.07, 6.45) is 2.88. The van der Waals surface area contributed by atoms with Crippen molar-refractivity contribution in [2.75, 3.05) is 36.8 Å². The van der Waals surface area contributed by atoms with E-state index in [1.807, 2.05) is 11.0 Å². The van der Waals surface area contributed by atoms with Gasteiger partial charge in [0, 0.05) is 50.0 Å². The van der Waals surface area contributed by atoms with Gasteiger partial charge in [-0.15, -0.1) is 0 Å². The molecule has 2 aromatic carbocycles. The summed E-state index contributed by atoms with van der Waals surface area (Å²) < 4.78 is 13.1. The molecule has 0 aromatic heterocycles. The van der Waals surface area contributed by atoms with E-state index < -0.39 is 0 Å². The van der Waals surface area contributed by atoms with Gasteiger partial charge >= 0.3 is 0 Å². The Morgan fingerprint density at radius 3 is 2.53 bits per heavy atom. The molecule has 1 saturated heterocycles. The van der Waals surface area contributed by atoms with E-state index in [0.29, 0.717) is 30.9 Å². The molecule has 0 bridgehead atoms. The molecule has 158 valence electrons. The van der Waals surface area contributed by atoms with Gasteiger partial charge in [-0.25, -0.2) is 4.39 Å². The van der Waals surface area contributed by atoms with E-state index in [0.717, 1.165) is 43.6 Å². The number of amides is 2. The molecule has 2 fully saturated rings. The number of anilines is 2. The number of nitrogen functional groups attached to an aromatic ring is 1. The van der Waals surface area contributed by atoms with Crippen LogP contribution in [0.15, 0.2) is 42.5 Å². The minimum Gasteiger partial charge on any atom is -0.399 e. The van der Waals surface area contributed by atoms with Crippen molar-refractivity contribution in [3.05, 3.63) is 59.4 Å². The first-order chi connectivity index (χ1) is 14.5. The number of nitrogens with zero attached hydrogens (tertiary/aromatic N) is 2. The fourth-order valence-electron chi connectivity index (χ4n) is 3.86. The van der Waals surface area contributed by atoms with E-state index >= 15 is 0 Å². The Balaban J connectivity index is 1.46. The molecule has 0 spiro atoms. The van der Waals surface area contributed by atoms with Gasteiger partial charge in [-0.2, -0.15) is 0 Å². The third kappa shape index (κ3) is 4.72. The van der Waals surface area contributed by atoms with Gasteiger partial charge in [0.05, 0.1) is 5.56 Å². The average Bonchev–Trinajstić information content (AvgIpc) is 3.60. The first-order valence-electron chi connectivity index (χ1n) is 10.5. The maximum atomic E-state index is 13.1. The Labute approximate surface area is 175 Å². The van der Waals surface area contributed by atoms with Crippen LogP contribution in [0.3, 0.4) is 0 Å². The maximum Gasteiger partial charge on any atom is 0.253 e. The predicted octanol–water partition coefficient (Wildman–Crippen LogP) is 2.79. The lowest BCUT2D eigenvalue weighted by Crippen LogP contribution is -2.36. The molecule has 30 heavy (non-hydrogen) atoms. The first-order valence-corrected chi connectivity index (χ1v) is 10.5. The summed E-state index contributed by atoms with van der Waals surface area (Å²) in [5.74, 6) is -0.0392. The number of hydrogen-bond acceptors (Lipinski definition) is 4. The van der Waals surface area contributed by atoms with Gasteiger partial charge in [-0.05, 0) is 55.2 Å². The summed E-state index contributed by atoms with van der Waals surface area (Å²) in [6, 6.07) is 11.4. The SMILES string of the molecule is Nc1ccc(N2CCCN(C(=O)C3CC3)CC2)c(C(=O)NCc2ccc(F)cc2)c1. The van der Waals surface area contributed by atoms with Gasteiger partial charge in [-0.3, -0.25) is 9.59 Å². The molecule has 0 atom stereocenters. The Morgan fingerprint density at radius 2 is 1.80 bits per heavy atom. The number of nitrogens with two attached hydrogens (primary N) is 1. The molecule has 2 aromatic rings. The highest BCUT2D eigenvalue weighted by atomic mass is 19.1. The van der Waals surface area contributed by atoms with Crippen LogP contribution in [0.5, 0.6) is 0 Å². The third-order valence-corrected chi connectivity index (χ3v) is 5.71. The van der Waals surface area contributed by atoms with E-state index in [9.17, 15) is 14.0 Å². The zero-order valence-electron chi connectivity index (χ0n) is 16.9. The summed E-state index contributed by atoms with van der Waals surface area (Å²) >= 11 is 0. The van der Waals surface area contributed by atoms with E-state index in [2.05, 4.69) is 10.2 Å². The Morgan fingerprint density at radius 1 is 1.03 bits per heavy atom. The molecule has 1 aliphatic heterocycles. The number of benzene rings is 2. The predicted molar refractivity (Wildman–Crippen MR) is 115 cm³/mol. The summed E-state index contributed by atoms with van der Waals surface area (Å²) in [6.45, 7) is 3.18. The van der Waals surface area contributed by atoms with E-state index in [4.69, 9.17) is 5.73 Å². The van der Waals surface area contributed by atoms with Gasteiger partial charge < -0.3 is 20.9 Å². The van der Waals surface area contributed by atoms with E-state index in [1.165, 1.54) is 12.1 Å². The summed E-state index contributed by atoms with van der Waals surface area (Å²) in [5, 5.41) is 2.90. The number of carbonyl (C=O) groups excluding carboxylic acids is 2. The molecular formula is C23H27FN4O2. The highest BCUT2D eigenvalue weighted by molar-refractivity contribution is 6.00. The quantitative estimate of drug-likeness (QED) is 0.743. The molecule has 4 rings (SSSR count). The number of nitrogens with one attached hydrogen (secondary N) is 1. The van der Waals surface area contributed by atoms with Crippen LogP contribution >= 0.6 is 0 Å². The van der Waals surface area contributed by atoms with Crippen molar-refractivity contribution >= 4 is 23.2 Å². The van der Waals surface area contributed by atoms with Crippen LogP contribution < -0.4 is 16.0 Å². The van der Waals surface area contributed by atoms with E-state index in [-0.39, 0.29) is 23.5 Å². The smallest absolute Gasteiger partial charge is 0.253 e. The molecule has 6 nitrogen and oxygen atoms in total. The Bertz CT molecular complexity index is 927. The Hall–Kier alpha value is -3.09. The van der Waals surface area contributed by atoms with Crippen LogP contribution in [-0.2, 0) is 11.3 Å². The molecule has 0 radical (unpaired) electrons. The molecular weight excluding hydrogens is 383 g/mol. The monoisotopic (exact) mass is 410 g/mol. The fraction of sp³-hybridized carbons (Fsp3) is 0.391. The molecule has 0 unspecified atom stereocenters. The van der Waals surface area contributed by atoms with Gasteiger partial charge in [0.15, 0.2) is 0 Å². The highest BCUT2D eigenvalue weighted by Crippen LogP contribution is 2.32. The van der Waals surface area contributed by atoms with E-state index in [1.54, 1.807) is 24.3 Å². The number of carbonyl (C=O) groups is 2. The van der Waals surface area contributed by atoms with Crippen molar-refractivity contribution in [1.82, 2.24) is 10.2 Å². The minimum atomic E-state index is -0.307. The highest BCUT2D eigenvalue weighted by Gasteiger charge is 2.34. The molecule has 3 N–H and O–H groups in total. The lowest BCUT2D eigenvalue weighted by atomic mass is 10.1. The van der Waals surface area contributed by atoms with Crippen molar-refractivity contribution in [2.45, 2.75) is 25.8 Å². The normalized spacial score (nSPS) is 16.8. The van der Waals surface area contributed by atoms with Crippen LogP contribution in [0.2, 0.25) is 0 Å². The van der Waals surface area contributed by atoms with Crippen LogP contribution in [0, 0.1) is 11.7 Å². The van der Waals surface area contributed by atoms with Crippen molar-refractivity contribution in [1.29, 1.82) is 0 Å². The van der Waals surface area contributed by atoms with Crippen molar-refractivity contribution in [2.24, 2.45) is 5.92 Å². The molecule has 2 aliphatic rings. The summed E-state index contributed by atoms with van der Waals surface area (Å²) in [7, 11) is 0. The second-order valence-corrected chi connectivity index (χ2v) is 8.03. The minimum absolute atomic E-state index is 0.223. The van der Waals surface area contributed by atoms with Crippen LogP contribution in [0.4, 0.5) is 15.8 Å². The molecule has 7 heteroatoms. The Kier molecular flexibility index (Phi) is 5.88. The summed E-state index contributed by atoms with van der Waals surface area (Å²) in [4.78, 5) is 29.5. The van der Waals surface area contributed by atoms with Gasteiger partial charge in [0.1, 0.15) is 5.82 Å². The largest absolute Gasteiger partial charge is 0.399 e. The third-order valence-electron chi connectivity index (χ3n) is 5.71. The molecule has 1 aliphatic carbocycles. The maximum absolute atomic E-state index is 13.1. The number of halogens is 1. The second kappa shape index (κ2) is 8.73. The lowest BCUT2D eigenvalue weighted by molar-refractivity contribution is -0.132. The summed E-state index contributed by atoms with van der Waals surface area (Å²) in [5.41, 5.74) is 8.63. The van der Waals surface area contributed by atoms with Gasteiger partial charge in [-0.1, -0.05) is 12.1 Å². The zero-order valence-corrected chi connectivity index (χ0v) is 16.9. The standard InChI is InChI=1S/C23H27FN4O2/c24-18-6-2-16(3-7-18)15-26-22(29)20-14-19(25)8-9-21(20)27-10-1-11-28(13-12-27)23(30)17-4-5-17/h2-3,6-9,14,17H,1,4-5,10-13,15,25H2,(H,26,29). The van der Waals surface area contributed by atoms with Gasteiger partial charge in [0.25, 0.3) is 5.91 Å². The number of rotatable bonds is 5. The fourth-order valence-corrected chi connectivity index (χ4v) is 3.86. The topological polar surface area (TPSA) is 78.7 Å². The van der Waals surface area contributed by atoms with Crippen molar-refractivity contribution in [3.63, 3.8) is 0 Å². The molecule has 1 heterocycles. The first kappa shape index (κ1) is 20.2. The zero-order chi connectivity index (χ0) is 21.1.